The summed E-state index contributed by atoms with van der Waals surface area (Å²) in [6.07, 6.45) is 2.61. The lowest BCUT2D eigenvalue weighted by Crippen LogP contribution is -2.54. The molecular weight excluding hydrogens is 569 g/mol. The predicted molar refractivity (Wildman–Crippen MR) is 161 cm³/mol. The molecule has 4 rings (SSSR count). The lowest BCUT2D eigenvalue weighted by molar-refractivity contribution is -0.137. The average Bonchev–Trinajstić information content (AvgIpc) is 2.95. The second-order valence-electron chi connectivity index (χ2n) is 10.0. The minimum absolute atomic E-state index is 0.00109. The van der Waals surface area contributed by atoms with Crippen molar-refractivity contribution in [2.24, 2.45) is 5.92 Å². The number of halogens is 2. The maximum Gasteiger partial charge on any atom is 0.232 e. The number of anilines is 1. The molecule has 0 saturated carbocycles. The normalized spacial score (nSPS) is 17.5. The molecule has 0 spiro atoms. The molecule has 1 N–H and O–H groups in total. The standard InChI is InChI=1S/C30H35Cl2N3O4S/c1-40(37,38)35(26-10-6-3-7-11-26)21-24-14-16-34(29(19-24)33-20-23-8-4-2-5-9-23)30(36)15-17-39-22-25-12-13-27(31)28(32)18-25/h2-13,18,24,29,33H,14-17,19-22H2,1H3. The molecule has 0 radical (unpaired) electrons. The van der Waals surface area contributed by atoms with E-state index in [1.54, 1.807) is 12.1 Å². The zero-order valence-corrected chi connectivity index (χ0v) is 24.8. The topological polar surface area (TPSA) is 79.0 Å². The molecule has 3 aromatic carbocycles. The second kappa shape index (κ2) is 14.3. The summed E-state index contributed by atoms with van der Waals surface area (Å²) in [7, 11) is -3.46. The van der Waals surface area contributed by atoms with E-state index in [1.165, 1.54) is 10.6 Å². The van der Waals surface area contributed by atoms with Crippen LogP contribution in [0.1, 0.15) is 30.4 Å². The summed E-state index contributed by atoms with van der Waals surface area (Å²) < 4.78 is 32.6. The monoisotopic (exact) mass is 603 g/mol. The fourth-order valence-electron chi connectivity index (χ4n) is 4.91. The molecule has 7 nitrogen and oxygen atoms in total. The highest BCUT2D eigenvalue weighted by Gasteiger charge is 2.33. The lowest BCUT2D eigenvalue weighted by atomic mass is 9.93. The van der Waals surface area contributed by atoms with E-state index < -0.39 is 10.0 Å². The third kappa shape index (κ3) is 8.69. The Bertz CT molecular complexity index is 1360. The fourth-order valence-corrected chi connectivity index (χ4v) is 6.22. The van der Waals surface area contributed by atoms with Gasteiger partial charge in [0.2, 0.25) is 15.9 Å². The molecule has 214 valence electrons. The van der Waals surface area contributed by atoms with Gasteiger partial charge in [-0.05, 0) is 54.2 Å². The number of hydrogen-bond donors (Lipinski definition) is 1. The number of ether oxygens (including phenoxy) is 1. The third-order valence-corrected chi connectivity index (χ3v) is 8.90. The molecular formula is C30H35Cl2N3O4S. The van der Waals surface area contributed by atoms with Gasteiger partial charge in [-0.2, -0.15) is 0 Å². The van der Waals surface area contributed by atoms with E-state index in [1.807, 2.05) is 71.6 Å². The molecule has 2 atom stereocenters. The molecule has 0 aliphatic carbocycles. The summed E-state index contributed by atoms with van der Waals surface area (Å²) in [6, 6.07) is 24.5. The van der Waals surface area contributed by atoms with Crippen molar-refractivity contribution < 1.29 is 17.9 Å². The Morgan fingerprint density at radius 2 is 1.70 bits per heavy atom. The van der Waals surface area contributed by atoms with Crippen molar-refractivity contribution in [2.75, 3.05) is 30.3 Å². The first-order chi connectivity index (χ1) is 19.2. The van der Waals surface area contributed by atoms with Gasteiger partial charge >= 0.3 is 0 Å². The average molecular weight is 605 g/mol. The van der Waals surface area contributed by atoms with Crippen LogP contribution in [-0.4, -0.2) is 51.3 Å². The van der Waals surface area contributed by atoms with Crippen LogP contribution in [0.5, 0.6) is 0 Å². The summed E-state index contributed by atoms with van der Waals surface area (Å²) >= 11 is 12.1. The van der Waals surface area contributed by atoms with Gasteiger partial charge in [0.1, 0.15) is 0 Å². The van der Waals surface area contributed by atoms with Crippen molar-refractivity contribution in [1.82, 2.24) is 10.2 Å². The highest BCUT2D eigenvalue weighted by Crippen LogP contribution is 2.27. The van der Waals surface area contributed by atoms with Gasteiger partial charge in [0.05, 0.1) is 47.8 Å². The molecule has 1 fully saturated rings. The number of hydrogen-bond acceptors (Lipinski definition) is 5. The third-order valence-electron chi connectivity index (χ3n) is 7.00. The van der Waals surface area contributed by atoms with Crippen LogP contribution in [0.25, 0.3) is 0 Å². The molecule has 3 aromatic rings. The summed E-state index contributed by atoms with van der Waals surface area (Å²) in [5, 5.41) is 4.50. The number of rotatable bonds is 12. The van der Waals surface area contributed by atoms with Crippen LogP contribution in [0, 0.1) is 5.92 Å². The van der Waals surface area contributed by atoms with Gasteiger partial charge in [0.15, 0.2) is 0 Å². The minimum Gasteiger partial charge on any atom is -0.376 e. The number of piperidine rings is 1. The van der Waals surface area contributed by atoms with Gasteiger partial charge in [-0.1, -0.05) is 77.8 Å². The Labute approximate surface area is 247 Å². The second-order valence-corrected chi connectivity index (χ2v) is 12.8. The number of carbonyl (C=O) groups excluding carboxylic acids is 1. The molecule has 1 saturated heterocycles. The van der Waals surface area contributed by atoms with E-state index in [9.17, 15) is 13.2 Å². The summed E-state index contributed by atoms with van der Waals surface area (Å²) in [5.74, 6) is 0.0827. The van der Waals surface area contributed by atoms with Crippen LogP contribution < -0.4 is 9.62 Å². The number of nitrogens with zero attached hydrogens (tertiary/aromatic N) is 2. The van der Waals surface area contributed by atoms with Crippen LogP contribution >= 0.6 is 23.2 Å². The summed E-state index contributed by atoms with van der Waals surface area (Å²) in [5.41, 5.74) is 2.65. The van der Waals surface area contributed by atoms with E-state index in [-0.39, 0.29) is 31.0 Å². The Kier molecular flexibility index (Phi) is 10.9. The van der Waals surface area contributed by atoms with Gasteiger partial charge < -0.3 is 9.64 Å². The fraction of sp³-hybridized carbons (Fsp3) is 0.367. The van der Waals surface area contributed by atoms with Crippen molar-refractivity contribution in [3.8, 4) is 0 Å². The first-order valence-electron chi connectivity index (χ1n) is 13.3. The van der Waals surface area contributed by atoms with Gasteiger partial charge in [0.25, 0.3) is 0 Å². The van der Waals surface area contributed by atoms with Gasteiger partial charge in [-0.25, -0.2) is 8.42 Å². The molecule has 0 bridgehead atoms. The first kappa shape index (κ1) is 30.3. The molecule has 0 aromatic heterocycles. The van der Waals surface area contributed by atoms with Gasteiger partial charge in [-0.3, -0.25) is 14.4 Å². The number of para-hydroxylation sites is 1. The van der Waals surface area contributed by atoms with E-state index in [4.69, 9.17) is 27.9 Å². The smallest absolute Gasteiger partial charge is 0.232 e. The molecule has 1 aliphatic rings. The quantitative estimate of drug-likeness (QED) is 0.268. The van der Waals surface area contributed by atoms with Gasteiger partial charge in [0, 0.05) is 19.6 Å². The van der Waals surface area contributed by atoms with E-state index in [0.29, 0.717) is 54.8 Å². The molecule has 10 heteroatoms. The molecule has 1 amide bonds. The number of likely N-dealkylation sites (tertiary alicyclic amines) is 1. The lowest BCUT2D eigenvalue weighted by Gasteiger charge is -2.41. The number of amides is 1. The first-order valence-corrected chi connectivity index (χ1v) is 15.9. The highest BCUT2D eigenvalue weighted by molar-refractivity contribution is 7.92. The Morgan fingerprint density at radius 1 is 1.00 bits per heavy atom. The van der Waals surface area contributed by atoms with Crippen LogP contribution in [0.15, 0.2) is 78.9 Å². The van der Waals surface area contributed by atoms with E-state index >= 15 is 0 Å². The van der Waals surface area contributed by atoms with Crippen molar-refractivity contribution in [3.63, 3.8) is 0 Å². The molecule has 1 heterocycles. The predicted octanol–water partition coefficient (Wildman–Crippen LogP) is 5.72. The summed E-state index contributed by atoms with van der Waals surface area (Å²) in [4.78, 5) is 15.2. The van der Waals surface area contributed by atoms with E-state index in [0.717, 1.165) is 11.1 Å². The number of carbonyl (C=O) groups is 1. The SMILES string of the molecule is CS(=O)(=O)N(CC1CCN(C(=O)CCOCc2ccc(Cl)c(Cl)c2)C(NCc2ccccc2)C1)c1ccccc1. The number of nitrogens with one attached hydrogen (secondary N) is 1. The highest BCUT2D eigenvalue weighted by atomic mass is 35.5. The van der Waals surface area contributed by atoms with Crippen molar-refractivity contribution in [2.45, 2.75) is 38.6 Å². The maximum absolute atomic E-state index is 13.3. The zero-order valence-electron chi connectivity index (χ0n) is 22.5. The number of sulfonamides is 1. The van der Waals surface area contributed by atoms with Crippen molar-refractivity contribution in [1.29, 1.82) is 0 Å². The molecule has 40 heavy (non-hydrogen) atoms. The molecule has 2 unspecified atom stereocenters. The van der Waals surface area contributed by atoms with Crippen LogP contribution in [0.2, 0.25) is 10.0 Å². The van der Waals surface area contributed by atoms with Crippen LogP contribution in [0.3, 0.4) is 0 Å². The maximum atomic E-state index is 13.3. The minimum atomic E-state index is -3.46. The molecule has 1 aliphatic heterocycles. The van der Waals surface area contributed by atoms with Crippen molar-refractivity contribution in [3.05, 3.63) is 100 Å². The largest absolute Gasteiger partial charge is 0.376 e. The van der Waals surface area contributed by atoms with Crippen molar-refractivity contribution >= 4 is 44.8 Å². The zero-order chi connectivity index (χ0) is 28.5. The van der Waals surface area contributed by atoms with E-state index in [2.05, 4.69) is 5.32 Å². The Morgan fingerprint density at radius 3 is 2.38 bits per heavy atom. The summed E-state index contributed by atoms with van der Waals surface area (Å²) in [6.45, 7) is 2.11. The Hall–Kier alpha value is -2.62. The van der Waals surface area contributed by atoms with Crippen LogP contribution in [-0.2, 0) is 32.7 Å². The van der Waals surface area contributed by atoms with Crippen LogP contribution in [0.4, 0.5) is 5.69 Å². The number of benzene rings is 3. The van der Waals surface area contributed by atoms with Gasteiger partial charge in [-0.15, -0.1) is 0 Å². The Balaban J connectivity index is 1.39.